The van der Waals surface area contributed by atoms with Crippen molar-refractivity contribution in [3.8, 4) is 0 Å². The van der Waals surface area contributed by atoms with Crippen LogP contribution in [-0.4, -0.2) is 26.5 Å². The molecule has 1 rings (SSSR count). The molecule has 18 heavy (non-hydrogen) atoms. The third kappa shape index (κ3) is 3.90. The summed E-state index contributed by atoms with van der Waals surface area (Å²) in [4.78, 5) is 11.1. The summed E-state index contributed by atoms with van der Waals surface area (Å²) in [5, 5.41) is 0. The van der Waals surface area contributed by atoms with E-state index in [4.69, 9.17) is 0 Å². The fraction of sp³-hybridized carbons (Fsp3) is 0.667. The van der Waals surface area contributed by atoms with E-state index in [2.05, 4.69) is 8.92 Å². The minimum Gasteiger partial charge on any atom is -0.463 e. The molecule has 1 saturated carbocycles. The quantitative estimate of drug-likeness (QED) is 0.253. The lowest BCUT2D eigenvalue weighted by atomic mass is 10.3. The molecule has 0 radical (unpaired) electrons. The molecular weight excluding hydrogens is 277 g/mol. The molecule has 1 aliphatic rings. The topological polar surface area (TPSA) is 69.7 Å². The Kier molecular flexibility index (Phi) is 4.25. The van der Waals surface area contributed by atoms with Crippen LogP contribution in [0, 0.1) is 5.92 Å². The highest BCUT2D eigenvalue weighted by atomic mass is 32.2. The lowest BCUT2D eigenvalue weighted by Gasteiger charge is -2.11. The first-order valence-electron chi connectivity index (χ1n) is 5.06. The van der Waals surface area contributed by atoms with E-state index < -0.39 is 33.3 Å². The minimum atomic E-state index is -5.74. The first-order chi connectivity index (χ1) is 8.17. The number of ether oxygens (including phenoxy) is 1. The van der Waals surface area contributed by atoms with E-state index in [1.54, 1.807) is 0 Å². The first kappa shape index (κ1) is 14.8. The van der Waals surface area contributed by atoms with E-state index in [-0.39, 0.29) is 6.61 Å². The van der Waals surface area contributed by atoms with Crippen molar-refractivity contribution < 1.29 is 35.3 Å². The second kappa shape index (κ2) is 5.17. The molecule has 0 atom stereocenters. The van der Waals surface area contributed by atoms with Gasteiger partial charge >= 0.3 is 21.6 Å². The van der Waals surface area contributed by atoms with Crippen LogP contribution >= 0.6 is 0 Å². The van der Waals surface area contributed by atoms with E-state index in [1.807, 2.05) is 0 Å². The molecule has 1 aliphatic carbocycles. The first-order valence-corrected chi connectivity index (χ1v) is 6.47. The number of carbonyl (C=O) groups is 1. The van der Waals surface area contributed by atoms with Gasteiger partial charge in [-0.1, -0.05) is 0 Å². The molecule has 0 amide bonds. The zero-order valence-electron chi connectivity index (χ0n) is 9.36. The number of rotatable bonds is 5. The van der Waals surface area contributed by atoms with Gasteiger partial charge in [-0.3, -0.25) is 0 Å². The molecule has 0 aromatic heterocycles. The molecule has 0 saturated heterocycles. The largest absolute Gasteiger partial charge is 0.534 e. The van der Waals surface area contributed by atoms with Crippen molar-refractivity contribution >= 4 is 16.1 Å². The SMILES string of the molecule is CCOC(=O)C=C(OS(=O)(=O)C(F)(F)F)C1CC1. The molecule has 5 nitrogen and oxygen atoms in total. The Morgan fingerprint density at radius 1 is 1.39 bits per heavy atom. The van der Waals surface area contributed by atoms with E-state index in [0.29, 0.717) is 18.9 Å². The van der Waals surface area contributed by atoms with Crippen LogP contribution in [-0.2, 0) is 23.8 Å². The number of allylic oxidation sites excluding steroid dienone is 1. The monoisotopic (exact) mass is 288 g/mol. The molecule has 104 valence electrons. The molecule has 0 aromatic carbocycles. The fourth-order valence-corrected chi connectivity index (χ4v) is 1.58. The van der Waals surface area contributed by atoms with E-state index in [9.17, 15) is 26.4 Å². The van der Waals surface area contributed by atoms with Crippen molar-refractivity contribution in [2.24, 2.45) is 5.92 Å². The van der Waals surface area contributed by atoms with Gasteiger partial charge in [0.2, 0.25) is 0 Å². The van der Waals surface area contributed by atoms with Crippen LogP contribution < -0.4 is 0 Å². The van der Waals surface area contributed by atoms with Crippen molar-refractivity contribution in [1.82, 2.24) is 0 Å². The Bertz CT molecular complexity index is 447. The van der Waals surface area contributed by atoms with Gasteiger partial charge in [0.15, 0.2) is 0 Å². The summed E-state index contributed by atoms with van der Waals surface area (Å²) in [5.74, 6) is -1.94. The van der Waals surface area contributed by atoms with E-state index in [0.717, 1.165) is 0 Å². The number of halogens is 3. The smallest absolute Gasteiger partial charge is 0.463 e. The maximum absolute atomic E-state index is 12.1. The van der Waals surface area contributed by atoms with Gasteiger partial charge in [0.1, 0.15) is 5.76 Å². The number of esters is 1. The van der Waals surface area contributed by atoms with Crippen LogP contribution in [0.4, 0.5) is 13.2 Å². The fourth-order valence-electron chi connectivity index (χ4n) is 1.05. The highest BCUT2D eigenvalue weighted by Gasteiger charge is 2.50. The van der Waals surface area contributed by atoms with Crippen molar-refractivity contribution in [2.75, 3.05) is 6.61 Å². The Labute approximate surface area is 102 Å². The Morgan fingerprint density at radius 3 is 2.33 bits per heavy atom. The maximum Gasteiger partial charge on any atom is 0.534 e. The Balaban J connectivity index is 2.86. The number of carbonyl (C=O) groups excluding carboxylic acids is 1. The van der Waals surface area contributed by atoms with Crippen LogP contribution in [0.15, 0.2) is 11.8 Å². The maximum atomic E-state index is 12.1. The second-order valence-corrected chi connectivity index (χ2v) is 5.09. The summed E-state index contributed by atoms with van der Waals surface area (Å²) in [6, 6.07) is 0. The van der Waals surface area contributed by atoms with Crippen molar-refractivity contribution in [3.05, 3.63) is 11.8 Å². The van der Waals surface area contributed by atoms with Crippen LogP contribution in [0.2, 0.25) is 0 Å². The molecule has 1 fully saturated rings. The molecule has 0 spiro atoms. The molecule has 0 heterocycles. The Morgan fingerprint density at radius 2 is 1.94 bits per heavy atom. The molecule has 0 unspecified atom stereocenters. The van der Waals surface area contributed by atoms with Crippen LogP contribution in [0.5, 0.6) is 0 Å². The van der Waals surface area contributed by atoms with Crippen LogP contribution in [0.25, 0.3) is 0 Å². The number of hydrogen-bond acceptors (Lipinski definition) is 5. The van der Waals surface area contributed by atoms with Gasteiger partial charge in [0.25, 0.3) is 0 Å². The van der Waals surface area contributed by atoms with Crippen LogP contribution in [0.3, 0.4) is 0 Å². The van der Waals surface area contributed by atoms with Gasteiger partial charge in [-0.2, -0.15) is 21.6 Å². The van der Waals surface area contributed by atoms with E-state index in [1.165, 1.54) is 6.92 Å². The highest BCUT2D eigenvalue weighted by molar-refractivity contribution is 7.87. The molecule has 0 bridgehead atoms. The minimum absolute atomic E-state index is 0.0271. The van der Waals surface area contributed by atoms with Gasteiger partial charge in [-0.15, -0.1) is 0 Å². The molecular formula is C9H11F3O5S. The van der Waals surface area contributed by atoms with Gasteiger partial charge in [-0.05, 0) is 19.8 Å². The van der Waals surface area contributed by atoms with Crippen molar-refractivity contribution in [3.63, 3.8) is 0 Å². The molecule has 0 aromatic rings. The van der Waals surface area contributed by atoms with Gasteiger partial charge in [0, 0.05) is 5.92 Å². The average Bonchev–Trinajstić information content (AvgIpc) is 2.97. The normalized spacial score (nSPS) is 17.4. The summed E-state index contributed by atoms with van der Waals surface area (Å²) in [6.07, 6.45) is 1.59. The molecule has 0 aliphatic heterocycles. The number of alkyl halides is 3. The number of hydrogen-bond donors (Lipinski definition) is 0. The Hall–Kier alpha value is -1.25. The summed E-state index contributed by atoms with van der Waals surface area (Å²) >= 11 is 0. The molecule has 0 N–H and O–H groups in total. The molecule has 9 heteroatoms. The van der Waals surface area contributed by atoms with E-state index >= 15 is 0 Å². The third-order valence-corrected chi connectivity index (χ3v) is 2.99. The predicted molar refractivity (Wildman–Crippen MR) is 53.5 cm³/mol. The summed E-state index contributed by atoms with van der Waals surface area (Å²) in [7, 11) is -5.74. The van der Waals surface area contributed by atoms with Crippen LogP contribution in [0.1, 0.15) is 19.8 Å². The predicted octanol–water partition coefficient (Wildman–Crippen LogP) is 1.71. The summed E-state index contributed by atoms with van der Waals surface area (Å²) in [6.45, 7) is 1.54. The van der Waals surface area contributed by atoms with Gasteiger partial charge < -0.3 is 8.92 Å². The second-order valence-electron chi connectivity index (χ2n) is 3.56. The van der Waals surface area contributed by atoms with Crippen molar-refractivity contribution in [2.45, 2.75) is 25.3 Å². The van der Waals surface area contributed by atoms with Gasteiger partial charge in [-0.25, -0.2) is 4.79 Å². The summed E-state index contributed by atoms with van der Waals surface area (Å²) < 4.78 is 66.3. The summed E-state index contributed by atoms with van der Waals surface area (Å²) in [5.41, 5.74) is -5.52. The lowest BCUT2D eigenvalue weighted by molar-refractivity contribution is -0.137. The standard InChI is InChI=1S/C9H11F3O5S/c1-2-16-8(13)5-7(6-3-4-6)17-18(14,15)9(10,11)12/h5-6H,2-4H2,1H3. The van der Waals surface area contributed by atoms with Gasteiger partial charge in [0.05, 0.1) is 12.7 Å². The average molecular weight is 288 g/mol. The third-order valence-electron chi connectivity index (χ3n) is 2.02. The zero-order chi connectivity index (χ0) is 14.0. The zero-order valence-corrected chi connectivity index (χ0v) is 10.2. The highest BCUT2D eigenvalue weighted by Crippen LogP contribution is 2.39. The lowest BCUT2D eigenvalue weighted by Crippen LogP contribution is -2.26. The van der Waals surface area contributed by atoms with Crippen molar-refractivity contribution in [1.29, 1.82) is 0 Å².